The topological polar surface area (TPSA) is 43.2 Å². The van der Waals surface area contributed by atoms with Crippen LogP contribution in [0, 0.1) is 0 Å². The van der Waals surface area contributed by atoms with Gasteiger partial charge in [0.25, 0.3) is 0 Å². The molecule has 0 bridgehead atoms. The van der Waals surface area contributed by atoms with E-state index in [4.69, 9.17) is 14.7 Å². The van der Waals surface area contributed by atoms with Gasteiger partial charge in [0, 0.05) is 18.5 Å². The van der Waals surface area contributed by atoms with E-state index in [0.717, 1.165) is 46.4 Å². The molecule has 0 amide bonds. The molecule has 2 aromatic heterocycles. The summed E-state index contributed by atoms with van der Waals surface area (Å²) in [7, 11) is 1.70. The monoisotopic (exact) mass is 346 g/mol. The third-order valence-electron chi connectivity index (χ3n) is 5.40. The van der Waals surface area contributed by atoms with Crippen molar-refractivity contribution in [3.63, 3.8) is 0 Å². The third kappa shape index (κ3) is 2.51. The lowest BCUT2D eigenvalue weighted by Gasteiger charge is -2.15. The number of nitrogens with zero attached hydrogens (tertiary/aromatic N) is 4. The number of fused-ring (bicyclic) bond motifs is 4. The molecule has 5 heteroatoms. The highest BCUT2D eigenvalue weighted by Crippen LogP contribution is 2.31. The van der Waals surface area contributed by atoms with E-state index in [2.05, 4.69) is 21.6 Å². The van der Waals surface area contributed by atoms with Crippen molar-refractivity contribution in [1.29, 1.82) is 0 Å². The van der Waals surface area contributed by atoms with E-state index in [1.54, 1.807) is 7.11 Å². The molecule has 1 fully saturated rings. The Hall–Kier alpha value is -2.66. The quantitative estimate of drug-likeness (QED) is 0.563. The summed E-state index contributed by atoms with van der Waals surface area (Å²) in [5, 5.41) is 1.11. The Balaban J connectivity index is 1.72. The first-order valence-electron chi connectivity index (χ1n) is 9.28. The molecule has 4 aromatic rings. The normalized spacial score (nSPS) is 15.4. The maximum absolute atomic E-state index is 5.44. The standard InChI is InChI=1S/C21H22N4O/c1-26-15-8-9-19-16(14-15)20-21(23-18-7-3-2-6-17(18)22-20)25(19)13-12-24-10-4-5-11-24/h2-3,6-9,14H,4-5,10-13H2,1H3. The van der Waals surface area contributed by atoms with E-state index in [1.807, 2.05) is 30.3 Å². The van der Waals surface area contributed by atoms with Gasteiger partial charge in [-0.25, -0.2) is 9.97 Å². The fourth-order valence-electron chi connectivity index (χ4n) is 4.01. The van der Waals surface area contributed by atoms with Crippen molar-refractivity contribution in [3.8, 4) is 5.75 Å². The van der Waals surface area contributed by atoms with Crippen LogP contribution in [0.4, 0.5) is 0 Å². The lowest BCUT2D eigenvalue weighted by molar-refractivity contribution is 0.326. The molecule has 2 aromatic carbocycles. The Morgan fingerprint density at radius 1 is 0.962 bits per heavy atom. The lowest BCUT2D eigenvalue weighted by atomic mass is 10.2. The molecule has 0 atom stereocenters. The number of ether oxygens (including phenoxy) is 1. The van der Waals surface area contributed by atoms with Crippen LogP contribution >= 0.6 is 0 Å². The Morgan fingerprint density at radius 3 is 2.50 bits per heavy atom. The first-order chi connectivity index (χ1) is 12.8. The van der Waals surface area contributed by atoms with Crippen molar-refractivity contribution < 1.29 is 4.74 Å². The minimum absolute atomic E-state index is 0.853. The van der Waals surface area contributed by atoms with E-state index < -0.39 is 0 Å². The van der Waals surface area contributed by atoms with Gasteiger partial charge in [-0.15, -0.1) is 0 Å². The van der Waals surface area contributed by atoms with Gasteiger partial charge in [0.1, 0.15) is 11.3 Å². The fourth-order valence-corrected chi connectivity index (χ4v) is 4.01. The molecule has 3 heterocycles. The highest BCUT2D eigenvalue weighted by Gasteiger charge is 2.17. The van der Waals surface area contributed by atoms with Crippen LogP contribution in [0.15, 0.2) is 42.5 Å². The van der Waals surface area contributed by atoms with Gasteiger partial charge in [0.2, 0.25) is 0 Å². The molecule has 5 nitrogen and oxygen atoms in total. The molecule has 132 valence electrons. The van der Waals surface area contributed by atoms with Crippen LogP contribution in [-0.4, -0.2) is 46.2 Å². The molecule has 0 aliphatic carbocycles. The predicted molar refractivity (Wildman–Crippen MR) is 105 cm³/mol. The summed E-state index contributed by atoms with van der Waals surface area (Å²) in [5.41, 5.74) is 4.97. The first kappa shape index (κ1) is 15.6. The molecular formula is C21H22N4O. The zero-order valence-electron chi connectivity index (χ0n) is 15.0. The minimum atomic E-state index is 0.853. The summed E-state index contributed by atoms with van der Waals surface area (Å²) in [6.07, 6.45) is 2.63. The number of para-hydroxylation sites is 2. The highest BCUT2D eigenvalue weighted by molar-refractivity contribution is 6.06. The summed E-state index contributed by atoms with van der Waals surface area (Å²) in [5.74, 6) is 0.853. The molecule has 1 aliphatic heterocycles. The Kier molecular flexibility index (Phi) is 3.75. The summed E-state index contributed by atoms with van der Waals surface area (Å²) < 4.78 is 7.76. The van der Waals surface area contributed by atoms with Crippen molar-refractivity contribution in [2.75, 3.05) is 26.7 Å². The van der Waals surface area contributed by atoms with Crippen LogP contribution in [-0.2, 0) is 6.54 Å². The minimum Gasteiger partial charge on any atom is -0.497 e. The Labute approximate surface area is 152 Å². The molecule has 5 rings (SSSR count). The van der Waals surface area contributed by atoms with Gasteiger partial charge in [-0.3, -0.25) is 0 Å². The summed E-state index contributed by atoms with van der Waals surface area (Å²) in [6, 6.07) is 14.3. The number of hydrogen-bond acceptors (Lipinski definition) is 4. The van der Waals surface area contributed by atoms with Crippen LogP contribution < -0.4 is 4.74 Å². The number of benzene rings is 2. The maximum atomic E-state index is 5.44. The molecule has 1 aliphatic rings. The SMILES string of the molecule is COc1ccc2c(c1)c1nc3ccccc3nc1n2CCN1CCCC1. The smallest absolute Gasteiger partial charge is 0.160 e. The number of aromatic nitrogens is 3. The third-order valence-corrected chi connectivity index (χ3v) is 5.40. The number of methoxy groups -OCH3 is 1. The van der Waals surface area contributed by atoms with E-state index >= 15 is 0 Å². The Bertz CT molecular complexity index is 1100. The molecule has 0 unspecified atom stereocenters. The van der Waals surface area contributed by atoms with Gasteiger partial charge >= 0.3 is 0 Å². The number of hydrogen-bond donors (Lipinski definition) is 0. The molecule has 1 saturated heterocycles. The second-order valence-electron chi connectivity index (χ2n) is 6.97. The maximum Gasteiger partial charge on any atom is 0.160 e. The van der Waals surface area contributed by atoms with Crippen LogP contribution in [0.1, 0.15) is 12.8 Å². The van der Waals surface area contributed by atoms with Gasteiger partial charge in [-0.05, 0) is 56.3 Å². The average Bonchev–Trinajstić information content (AvgIpc) is 3.30. The van der Waals surface area contributed by atoms with Crippen LogP contribution in [0.3, 0.4) is 0 Å². The zero-order valence-corrected chi connectivity index (χ0v) is 15.0. The summed E-state index contributed by atoms with van der Waals surface area (Å²) >= 11 is 0. The van der Waals surface area contributed by atoms with Crippen molar-refractivity contribution >= 4 is 33.1 Å². The van der Waals surface area contributed by atoms with E-state index in [1.165, 1.54) is 31.4 Å². The largest absolute Gasteiger partial charge is 0.497 e. The lowest BCUT2D eigenvalue weighted by Crippen LogP contribution is -2.24. The first-order valence-corrected chi connectivity index (χ1v) is 9.28. The van der Waals surface area contributed by atoms with Gasteiger partial charge in [0.15, 0.2) is 5.65 Å². The van der Waals surface area contributed by atoms with Crippen LogP contribution in [0.25, 0.3) is 33.1 Å². The van der Waals surface area contributed by atoms with Crippen LogP contribution in [0.2, 0.25) is 0 Å². The van der Waals surface area contributed by atoms with Gasteiger partial charge in [-0.1, -0.05) is 12.1 Å². The highest BCUT2D eigenvalue weighted by atomic mass is 16.5. The number of likely N-dealkylation sites (tertiary alicyclic amines) is 1. The van der Waals surface area contributed by atoms with Crippen molar-refractivity contribution in [3.05, 3.63) is 42.5 Å². The van der Waals surface area contributed by atoms with Crippen molar-refractivity contribution in [2.45, 2.75) is 19.4 Å². The average molecular weight is 346 g/mol. The molecule has 0 radical (unpaired) electrons. The number of rotatable bonds is 4. The van der Waals surface area contributed by atoms with Crippen molar-refractivity contribution in [1.82, 2.24) is 19.4 Å². The van der Waals surface area contributed by atoms with E-state index in [0.29, 0.717) is 0 Å². The molecular weight excluding hydrogens is 324 g/mol. The second-order valence-corrected chi connectivity index (χ2v) is 6.97. The predicted octanol–water partition coefficient (Wildman–Crippen LogP) is 3.84. The van der Waals surface area contributed by atoms with Gasteiger partial charge in [-0.2, -0.15) is 0 Å². The summed E-state index contributed by atoms with van der Waals surface area (Å²) in [6.45, 7) is 4.40. The molecule has 0 N–H and O–H groups in total. The zero-order chi connectivity index (χ0) is 17.5. The van der Waals surface area contributed by atoms with Gasteiger partial charge in [0.05, 0.1) is 23.7 Å². The summed E-state index contributed by atoms with van der Waals surface area (Å²) in [4.78, 5) is 12.4. The molecule has 0 saturated carbocycles. The van der Waals surface area contributed by atoms with E-state index in [-0.39, 0.29) is 0 Å². The van der Waals surface area contributed by atoms with Crippen LogP contribution in [0.5, 0.6) is 5.75 Å². The fraction of sp³-hybridized carbons (Fsp3) is 0.333. The Morgan fingerprint density at radius 2 is 1.73 bits per heavy atom. The molecule has 26 heavy (non-hydrogen) atoms. The second kappa shape index (κ2) is 6.25. The molecule has 0 spiro atoms. The van der Waals surface area contributed by atoms with E-state index in [9.17, 15) is 0 Å². The van der Waals surface area contributed by atoms with Gasteiger partial charge < -0.3 is 14.2 Å². The van der Waals surface area contributed by atoms with Crippen molar-refractivity contribution in [2.24, 2.45) is 0 Å².